The van der Waals surface area contributed by atoms with Crippen LogP contribution in [0.1, 0.15) is 0 Å². The van der Waals surface area contributed by atoms with Gasteiger partial charge in [-0.25, -0.2) is 9.66 Å². The van der Waals surface area contributed by atoms with Gasteiger partial charge in [-0.15, -0.1) is 10.2 Å². The Balaban J connectivity index is 1.68. The summed E-state index contributed by atoms with van der Waals surface area (Å²) in [5, 5.41) is 12.4. The topological polar surface area (TPSA) is 98.7 Å². The highest BCUT2D eigenvalue weighted by molar-refractivity contribution is 7.99. The molecule has 27 heavy (non-hydrogen) atoms. The first kappa shape index (κ1) is 20.0. The van der Waals surface area contributed by atoms with E-state index in [0.29, 0.717) is 31.6 Å². The molecule has 0 aliphatic heterocycles. The minimum atomic E-state index is -0.342. The highest BCUT2D eigenvalue weighted by atomic mass is 35.5. The van der Waals surface area contributed by atoms with Crippen LogP contribution in [0.3, 0.4) is 0 Å². The molecule has 0 saturated carbocycles. The average molecular weight is 464 g/mol. The fourth-order valence-electron chi connectivity index (χ4n) is 2.03. The molecule has 3 aromatic rings. The van der Waals surface area contributed by atoms with Gasteiger partial charge in [0.05, 0.1) is 20.8 Å². The molecule has 12 heteroatoms. The van der Waals surface area contributed by atoms with E-state index in [9.17, 15) is 4.79 Å². The Bertz CT molecular complexity index is 1010. The highest BCUT2D eigenvalue weighted by Crippen LogP contribution is 2.30. The Morgan fingerprint density at radius 2 is 1.85 bits per heavy atom. The number of hydrogen-bond acceptors (Lipinski definition) is 6. The summed E-state index contributed by atoms with van der Waals surface area (Å²) in [5.74, 6) is 6.26. The van der Waals surface area contributed by atoms with Crippen molar-refractivity contribution >= 4 is 69.9 Å². The number of aromatic nitrogens is 4. The van der Waals surface area contributed by atoms with Crippen LogP contribution in [0.25, 0.3) is 11.4 Å². The molecule has 3 rings (SSSR count). The molecule has 0 unspecified atom stereocenters. The number of benzene rings is 1. The second-order valence-electron chi connectivity index (χ2n) is 5.12. The van der Waals surface area contributed by atoms with Crippen LogP contribution in [0.4, 0.5) is 5.82 Å². The second-order valence-corrected chi connectivity index (χ2v) is 7.75. The van der Waals surface area contributed by atoms with E-state index in [2.05, 4.69) is 20.5 Å². The van der Waals surface area contributed by atoms with Gasteiger partial charge in [0, 0.05) is 16.8 Å². The predicted molar refractivity (Wildman–Crippen MR) is 109 cm³/mol. The standard InChI is InChI=1S/C15H10Cl4N6OS/c16-7-1-2-9(10(18)3-7)14-23-24-15(25(14)20)27-6-12(26)22-13-11(19)4-8(17)5-21-13/h1-5H,6,20H2,(H,21,22,26). The number of nitrogens with one attached hydrogen (secondary N) is 1. The molecule has 1 aromatic carbocycles. The Labute approximate surface area is 178 Å². The zero-order valence-electron chi connectivity index (χ0n) is 13.3. The predicted octanol–water partition coefficient (Wildman–Crippen LogP) is 4.40. The summed E-state index contributed by atoms with van der Waals surface area (Å²) in [7, 11) is 0. The van der Waals surface area contributed by atoms with Crippen molar-refractivity contribution < 1.29 is 4.79 Å². The van der Waals surface area contributed by atoms with Crippen molar-refractivity contribution in [1.82, 2.24) is 19.9 Å². The van der Waals surface area contributed by atoms with Crippen LogP contribution in [0.2, 0.25) is 20.1 Å². The minimum Gasteiger partial charge on any atom is -0.335 e. The first-order valence-electron chi connectivity index (χ1n) is 7.24. The maximum atomic E-state index is 12.1. The van der Waals surface area contributed by atoms with Gasteiger partial charge < -0.3 is 11.2 Å². The van der Waals surface area contributed by atoms with Crippen LogP contribution >= 0.6 is 58.2 Å². The van der Waals surface area contributed by atoms with Gasteiger partial charge >= 0.3 is 0 Å². The zero-order chi connectivity index (χ0) is 19.6. The maximum Gasteiger partial charge on any atom is 0.236 e. The molecular weight excluding hydrogens is 454 g/mol. The molecule has 1 amide bonds. The maximum absolute atomic E-state index is 12.1. The number of halogens is 4. The lowest BCUT2D eigenvalue weighted by Crippen LogP contribution is -2.17. The third-order valence-electron chi connectivity index (χ3n) is 3.23. The van der Waals surface area contributed by atoms with Crippen molar-refractivity contribution in [2.75, 3.05) is 16.9 Å². The molecule has 7 nitrogen and oxygen atoms in total. The van der Waals surface area contributed by atoms with Gasteiger partial charge in [-0.1, -0.05) is 58.2 Å². The van der Waals surface area contributed by atoms with E-state index in [1.807, 2.05) is 0 Å². The second kappa shape index (κ2) is 8.53. The fraction of sp³-hybridized carbons (Fsp3) is 0.0667. The fourth-order valence-corrected chi connectivity index (χ4v) is 3.61. The number of pyridine rings is 1. The number of carbonyl (C=O) groups is 1. The van der Waals surface area contributed by atoms with Gasteiger partial charge in [0.1, 0.15) is 0 Å². The Hall–Kier alpha value is -1.71. The molecule has 0 radical (unpaired) electrons. The number of hydrogen-bond donors (Lipinski definition) is 2. The summed E-state index contributed by atoms with van der Waals surface area (Å²) < 4.78 is 1.25. The molecule has 0 saturated heterocycles. The quantitative estimate of drug-likeness (QED) is 0.429. The van der Waals surface area contributed by atoms with Crippen LogP contribution in [-0.2, 0) is 4.79 Å². The molecule has 0 atom stereocenters. The monoisotopic (exact) mass is 462 g/mol. The van der Waals surface area contributed by atoms with Crippen molar-refractivity contribution in [2.24, 2.45) is 0 Å². The molecule has 0 spiro atoms. The summed E-state index contributed by atoms with van der Waals surface area (Å²) in [6, 6.07) is 6.42. The summed E-state index contributed by atoms with van der Waals surface area (Å²) in [6.45, 7) is 0. The summed E-state index contributed by atoms with van der Waals surface area (Å²) >= 11 is 24.9. The molecule has 2 aromatic heterocycles. The van der Waals surface area contributed by atoms with Crippen LogP contribution in [0.15, 0.2) is 35.6 Å². The Kier molecular flexibility index (Phi) is 6.33. The normalized spacial score (nSPS) is 10.8. The molecule has 0 aliphatic carbocycles. The van der Waals surface area contributed by atoms with E-state index in [1.54, 1.807) is 18.2 Å². The van der Waals surface area contributed by atoms with Gasteiger partial charge in [-0.05, 0) is 24.3 Å². The molecular formula is C15H10Cl4N6OS. The van der Waals surface area contributed by atoms with Gasteiger partial charge in [-0.2, -0.15) is 0 Å². The summed E-state index contributed by atoms with van der Waals surface area (Å²) in [6.07, 6.45) is 1.38. The third kappa shape index (κ3) is 4.77. The van der Waals surface area contributed by atoms with Crippen LogP contribution < -0.4 is 11.2 Å². The number of rotatable bonds is 5. The van der Waals surface area contributed by atoms with Crippen LogP contribution in [0.5, 0.6) is 0 Å². The molecule has 0 bridgehead atoms. The van der Waals surface area contributed by atoms with Gasteiger partial charge in [0.2, 0.25) is 11.1 Å². The minimum absolute atomic E-state index is 0.0182. The van der Waals surface area contributed by atoms with Crippen molar-refractivity contribution in [3.63, 3.8) is 0 Å². The highest BCUT2D eigenvalue weighted by Gasteiger charge is 2.17. The number of carbonyl (C=O) groups excluding carboxylic acids is 1. The van der Waals surface area contributed by atoms with E-state index >= 15 is 0 Å². The smallest absolute Gasteiger partial charge is 0.236 e. The lowest BCUT2D eigenvalue weighted by molar-refractivity contribution is -0.113. The van der Waals surface area contributed by atoms with Crippen LogP contribution in [0, 0.1) is 0 Å². The number of thioether (sulfide) groups is 1. The van der Waals surface area contributed by atoms with E-state index < -0.39 is 0 Å². The van der Waals surface area contributed by atoms with Gasteiger partial charge in [0.15, 0.2) is 11.6 Å². The Morgan fingerprint density at radius 3 is 2.56 bits per heavy atom. The number of nitrogens with two attached hydrogens (primary N) is 1. The molecule has 0 aliphatic rings. The average Bonchev–Trinajstić information content (AvgIpc) is 2.96. The Morgan fingerprint density at radius 1 is 1.11 bits per heavy atom. The van der Waals surface area contributed by atoms with Crippen molar-refractivity contribution in [3.8, 4) is 11.4 Å². The molecule has 140 valence electrons. The van der Waals surface area contributed by atoms with E-state index in [4.69, 9.17) is 52.2 Å². The first-order valence-corrected chi connectivity index (χ1v) is 9.74. The molecule has 3 N–H and O–H groups in total. The van der Waals surface area contributed by atoms with Gasteiger partial charge in [-0.3, -0.25) is 4.79 Å². The first-order chi connectivity index (χ1) is 12.8. The summed E-state index contributed by atoms with van der Waals surface area (Å²) in [5.41, 5.74) is 0.574. The summed E-state index contributed by atoms with van der Waals surface area (Å²) in [4.78, 5) is 16.1. The van der Waals surface area contributed by atoms with Crippen molar-refractivity contribution in [1.29, 1.82) is 0 Å². The van der Waals surface area contributed by atoms with E-state index in [1.165, 1.54) is 16.9 Å². The van der Waals surface area contributed by atoms with Crippen molar-refractivity contribution in [3.05, 3.63) is 50.6 Å². The number of nitrogens with zero attached hydrogens (tertiary/aromatic N) is 4. The lowest BCUT2D eigenvalue weighted by Gasteiger charge is -2.07. The zero-order valence-corrected chi connectivity index (χ0v) is 17.1. The van der Waals surface area contributed by atoms with Gasteiger partial charge in [0.25, 0.3) is 0 Å². The van der Waals surface area contributed by atoms with Crippen LogP contribution in [-0.4, -0.2) is 31.5 Å². The number of nitrogen functional groups attached to an aromatic ring is 1. The lowest BCUT2D eigenvalue weighted by atomic mass is 10.2. The molecule has 0 fully saturated rings. The largest absolute Gasteiger partial charge is 0.335 e. The molecule has 2 heterocycles. The SMILES string of the molecule is Nn1c(SCC(=O)Nc2ncc(Cl)cc2Cl)nnc1-c1ccc(Cl)cc1Cl. The third-order valence-corrected chi connectivity index (χ3v) is 5.22. The number of amides is 1. The van der Waals surface area contributed by atoms with Crippen molar-refractivity contribution in [2.45, 2.75) is 5.16 Å². The van der Waals surface area contributed by atoms with E-state index in [0.717, 1.165) is 11.8 Å². The number of anilines is 1. The van der Waals surface area contributed by atoms with E-state index in [-0.39, 0.29) is 22.5 Å².